The Bertz CT molecular complexity index is 929. The zero-order valence-corrected chi connectivity index (χ0v) is 15.4. The van der Waals surface area contributed by atoms with Gasteiger partial charge in [-0.3, -0.25) is 0 Å². The molecule has 0 unspecified atom stereocenters. The summed E-state index contributed by atoms with van der Waals surface area (Å²) in [6.07, 6.45) is -3.03. The van der Waals surface area contributed by atoms with Gasteiger partial charge in [-0.05, 0) is 47.9 Å². The molecule has 1 aliphatic heterocycles. The maximum atomic E-state index is 12.3. The van der Waals surface area contributed by atoms with Gasteiger partial charge >= 0.3 is 12.1 Å². The van der Waals surface area contributed by atoms with Gasteiger partial charge < -0.3 is 5.11 Å². The highest BCUT2D eigenvalue weighted by Crippen LogP contribution is 2.23. The van der Waals surface area contributed by atoms with Crippen molar-refractivity contribution in [2.24, 2.45) is 0 Å². The lowest BCUT2D eigenvalue weighted by atomic mass is 10.1. The molecule has 27 heavy (non-hydrogen) atoms. The van der Waals surface area contributed by atoms with Gasteiger partial charge in [0.1, 0.15) is 0 Å². The predicted molar refractivity (Wildman–Crippen MR) is 93.8 cm³/mol. The third-order valence-corrected chi connectivity index (χ3v) is 5.29. The molecule has 148 valence electrons. The fourth-order valence-corrected chi connectivity index (χ4v) is 3.73. The van der Waals surface area contributed by atoms with Crippen LogP contribution in [0.25, 0.3) is 10.8 Å². The molecular formula is C16H16ClF3N2O4S. The SMILES string of the molecule is O=C(O)C(F)(F)F.O=S(=O)(NN1CCCC1)c1ccc2cc(Cl)ccc2c1. The Morgan fingerprint density at radius 3 is 2.15 bits per heavy atom. The molecule has 3 rings (SSSR count). The summed E-state index contributed by atoms with van der Waals surface area (Å²) >= 11 is 5.92. The second-order valence-corrected chi connectivity index (χ2v) is 7.84. The van der Waals surface area contributed by atoms with E-state index in [1.807, 2.05) is 12.1 Å². The van der Waals surface area contributed by atoms with Gasteiger partial charge in [0.2, 0.25) is 0 Å². The van der Waals surface area contributed by atoms with Gasteiger partial charge in [0.05, 0.1) is 4.90 Å². The second kappa shape index (κ2) is 8.42. The molecule has 0 aromatic heterocycles. The zero-order chi connectivity index (χ0) is 20.2. The van der Waals surface area contributed by atoms with Gasteiger partial charge in [0.15, 0.2) is 0 Å². The topological polar surface area (TPSA) is 86.7 Å². The minimum Gasteiger partial charge on any atom is -0.475 e. The molecule has 0 bridgehead atoms. The highest BCUT2D eigenvalue weighted by molar-refractivity contribution is 7.89. The molecule has 1 aliphatic rings. The van der Waals surface area contributed by atoms with E-state index in [4.69, 9.17) is 21.5 Å². The Labute approximate surface area is 158 Å². The lowest BCUT2D eigenvalue weighted by molar-refractivity contribution is -0.192. The fourth-order valence-electron chi connectivity index (χ4n) is 2.39. The molecule has 0 atom stereocenters. The number of sulfonamides is 1. The van der Waals surface area contributed by atoms with Crippen molar-refractivity contribution >= 4 is 38.4 Å². The molecule has 2 aromatic carbocycles. The van der Waals surface area contributed by atoms with Crippen LogP contribution < -0.4 is 4.83 Å². The Kier molecular flexibility index (Phi) is 6.68. The van der Waals surface area contributed by atoms with Crippen LogP contribution in [0, 0.1) is 0 Å². The Morgan fingerprint density at radius 2 is 1.59 bits per heavy atom. The average Bonchev–Trinajstić information content (AvgIpc) is 3.06. The maximum absolute atomic E-state index is 12.3. The number of carboxylic acid groups (broad SMARTS) is 1. The van der Waals surface area contributed by atoms with Gasteiger partial charge in [0.25, 0.3) is 10.0 Å². The zero-order valence-electron chi connectivity index (χ0n) is 13.8. The number of nitrogens with zero attached hydrogens (tertiary/aromatic N) is 1. The van der Waals surface area contributed by atoms with Crippen LogP contribution in [0.4, 0.5) is 13.2 Å². The largest absolute Gasteiger partial charge is 0.490 e. The van der Waals surface area contributed by atoms with Crippen LogP contribution in [0.3, 0.4) is 0 Å². The summed E-state index contributed by atoms with van der Waals surface area (Å²) in [7, 11) is -3.50. The van der Waals surface area contributed by atoms with E-state index in [9.17, 15) is 21.6 Å². The van der Waals surface area contributed by atoms with Crippen LogP contribution in [0.15, 0.2) is 41.3 Å². The molecule has 6 nitrogen and oxygen atoms in total. The summed E-state index contributed by atoms with van der Waals surface area (Å²) in [5.41, 5.74) is 0. The van der Waals surface area contributed by atoms with E-state index >= 15 is 0 Å². The van der Waals surface area contributed by atoms with Crippen molar-refractivity contribution in [1.82, 2.24) is 9.84 Å². The molecule has 0 spiro atoms. The number of benzene rings is 2. The van der Waals surface area contributed by atoms with Crippen molar-refractivity contribution in [3.63, 3.8) is 0 Å². The molecule has 0 saturated carbocycles. The van der Waals surface area contributed by atoms with Crippen molar-refractivity contribution in [3.05, 3.63) is 41.4 Å². The second-order valence-electron chi connectivity index (χ2n) is 5.75. The molecule has 2 N–H and O–H groups in total. The fraction of sp³-hybridized carbons (Fsp3) is 0.312. The van der Waals surface area contributed by atoms with Crippen LogP contribution in [-0.4, -0.2) is 43.8 Å². The molecule has 1 saturated heterocycles. The number of rotatable bonds is 3. The number of hydrazine groups is 1. The highest BCUT2D eigenvalue weighted by Gasteiger charge is 2.38. The first-order valence-corrected chi connectivity index (χ1v) is 9.62. The van der Waals surface area contributed by atoms with Crippen molar-refractivity contribution in [1.29, 1.82) is 0 Å². The van der Waals surface area contributed by atoms with Crippen molar-refractivity contribution in [3.8, 4) is 0 Å². The first kappa shape index (κ1) is 21.4. The lowest BCUT2D eigenvalue weighted by Gasteiger charge is -2.16. The third kappa shape index (κ3) is 6.06. The quantitative estimate of drug-likeness (QED) is 0.788. The smallest absolute Gasteiger partial charge is 0.475 e. The molecule has 0 aliphatic carbocycles. The molecular weight excluding hydrogens is 409 g/mol. The molecule has 1 heterocycles. The van der Waals surface area contributed by atoms with Crippen LogP contribution >= 0.6 is 11.6 Å². The van der Waals surface area contributed by atoms with E-state index in [0.29, 0.717) is 5.02 Å². The molecule has 2 aromatic rings. The van der Waals surface area contributed by atoms with Crippen LogP contribution in [-0.2, 0) is 14.8 Å². The van der Waals surface area contributed by atoms with E-state index in [1.54, 1.807) is 29.3 Å². The number of hydrogen-bond donors (Lipinski definition) is 2. The lowest BCUT2D eigenvalue weighted by Crippen LogP contribution is -2.39. The van der Waals surface area contributed by atoms with Gasteiger partial charge in [0, 0.05) is 18.1 Å². The van der Waals surface area contributed by atoms with Gasteiger partial charge in [-0.1, -0.05) is 23.7 Å². The molecule has 0 amide bonds. The molecule has 1 fully saturated rings. The Balaban J connectivity index is 0.000000321. The van der Waals surface area contributed by atoms with Crippen LogP contribution in [0.1, 0.15) is 12.8 Å². The molecule has 11 heteroatoms. The summed E-state index contributed by atoms with van der Waals surface area (Å²) < 4.78 is 56.4. The summed E-state index contributed by atoms with van der Waals surface area (Å²) in [5.74, 6) is -2.76. The van der Waals surface area contributed by atoms with E-state index in [2.05, 4.69) is 4.83 Å². The van der Waals surface area contributed by atoms with Crippen molar-refractivity contribution in [2.45, 2.75) is 23.9 Å². The van der Waals surface area contributed by atoms with E-state index in [0.717, 1.165) is 36.7 Å². The highest BCUT2D eigenvalue weighted by atomic mass is 35.5. The number of hydrogen-bond acceptors (Lipinski definition) is 4. The Morgan fingerprint density at radius 1 is 1.07 bits per heavy atom. The first-order chi connectivity index (χ1) is 12.5. The third-order valence-electron chi connectivity index (χ3n) is 3.68. The van der Waals surface area contributed by atoms with Crippen LogP contribution in [0.2, 0.25) is 5.02 Å². The van der Waals surface area contributed by atoms with Crippen molar-refractivity contribution < 1.29 is 31.5 Å². The molecule has 0 radical (unpaired) electrons. The Hall–Kier alpha value is -1.88. The summed E-state index contributed by atoms with van der Waals surface area (Å²) in [4.78, 5) is 11.8. The van der Waals surface area contributed by atoms with E-state index in [-0.39, 0.29) is 4.90 Å². The van der Waals surface area contributed by atoms with E-state index in [1.165, 1.54) is 0 Å². The van der Waals surface area contributed by atoms with Gasteiger partial charge in [-0.25, -0.2) is 18.2 Å². The summed E-state index contributed by atoms with van der Waals surface area (Å²) in [6.45, 7) is 1.53. The standard InChI is InChI=1S/C14H15ClN2O2S.C2HF3O2/c15-13-5-3-12-10-14(6-4-11(12)9-13)20(18,19)16-17-7-1-2-8-17;3-2(4,5)1(6)7/h3-6,9-10,16H,1-2,7-8H2;(H,6,7). The number of carbonyl (C=O) groups is 1. The number of aliphatic carboxylic acids is 1. The summed E-state index contributed by atoms with van der Waals surface area (Å²) in [6, 6.07) is 10.5. The predicted octanol–water partition coefficient (Wildman–Crippen LogP) is 3.42. The average molecular weight is 425 g/mol. The monoisotopic (exact) mass is 424 g/mol. The number of fused-ring (bicyclic) bond motifs is 1. The van der Waals surface area contributed by atoms with Gasteiger partial charge in [-0.2, -0.15) is 13.2 Å². The van der Waals surface area contributed by atoms with E-state index < -0.39 is 22.2 Å². The normalized spacial score (nSPS) is 15.4. The van der Waals surface area contributed by atoms with Crippen molar-refractivity contribution in [2.75, 3.05) is 13.1 Å². The van der Waals surface area contributed by atoms with Gasteiger partial charge in [-0.15, -0.1) is 4.83 Å². The maximum Gasteiger partial charge on any atom is 0.490 e. The number of carboxylic acids is 1. The van der Waals surface area contributed by atoms with Crippen LogP contribution in [0.5, 0.6) is 0 Å². The number of alkyl halides is 3. The minimum atomic E-state index is -5.08. The number of halogens is 4. The minimum absolute atomic E-state index is 0.277. The number of nitrogens with one attached hydrogen (secondary N) is 1. The first-order valence-electron chi connectivity index (χ1n) is 7.76. The summed E-state index contributed by atoms with van der Waals surface area (Å²) in [5, 5.41) is 11.3.